The molecule has 5 heteroatoms. The molecule has 1 unspecified atom stereocenters. The predicted molar refractivity (Wildman–Crippen MR) is 87.0 cm³/mol. The average molecular weight is 301 g/mol. The van der Waals surface area contributed by atoms with Crippen LogP contribution in [0.4, 0.5) is 0 Å². The van der Waals surface area contributed by atoms with Crippen molar-refractivity contribution in [3.63, 3.8) is 0 Å². The Bertz CT molecular complexity index is 617. The number of pyridine rings is 1. The van der Waals surface area contributed by atoms with Gasteiger partial charge >= 0.3 is 0 Å². The molecule has 3 heterocycles. The molecular formula is C17H23N3O2. The average Bonchev–Trinajstić information content (AvgIpc) is 2.49. The lowest BCUT2D eigenvalue weighted by Crippen LogP contribution is -2.64. The molecule has 0 aliphatic carbocycles. The third-order valence-corrected chi connectivity index (χ3v) is 4.74. The molecule has 0 amide bonds. The zero-order valence-corrected chi connectivity index (χ0v) is 13.4. The van der Waals surface area contributed by atoms with Crippen molar-refractivity contribution >= 4 is 11.8 Å². The first-order chi connectivity index (χ1) is 10.5. The van der Waals surface area contributed by atoms with Gasteiger partial charge in [-0.2, -0.15) is 0 Å². The number of hydrogen-bond donors (Lipinski definition) is 1. The molecule has 1 fully saturated rings. The number of aliphatic imine (C=N–C) groups is 1. The van der Waals surface area contributed by atoms with Gasteiger partial charge in [0, 0.05) is 29.6 Å². The van der Waals surface area contributed by atoms with Crippen molar-refractivity contribution in [2.45, 2.75) is 32.7 Å². The van der Waals surface area contributed by atoms with Gasteiger partial charge in [0.15, 0.2) is 0 Å². The summed E-state index contributed by atoms with van der Waals surface area (Å²) in [4.78, 5) is 8.91. The van der Waals surface area contributed by atoms with Gasteiger partial charge in [0.05, 0.1) is 25.4 Å². The molecule has 0 spiro atoms. The van der Waals surface area contributed by atoms with Gasteiger partial charge in [-0.15, -0.1) is 0 Å². The monoisotopic (exact) mass is 301 g/mol. The van der Waals surface area contributed by atoms with E-state index in [0.29, 0.717) is 25.7 Å². The van der Waals surface area contributed by atoms with Crippen LogP contribution >= 0.6 is 0 Å². The Balaban J connectivity index is 1.87. The molecule has 3 rings (SSSR count). The van der Waals surface area contributed by atoms with E-state index >= 15 is 0 Å². The number of hydrogen-bond acceptors (Lipinski definition) is 5. The Morgan fingerprint density at radius 2 is 2.14 bits per heavy atom. The quantitative estimate of drug-likeness (QED) is 0.927. The van der Waals surface area contributed by atoms with Crippen LogP contribution in [0.1, 0.15) is 32.8 Å². The summed E-state index contributed by atoms with van der Waals surface area (Å²) in [5, 5.41) is 0. The number of aromatic nitrogens is 1. The second-order valence-electron chi connectivity index (χ2n) is 6.41. The minimum absolute atomic E-state index is 0.0544. The van der Waals surface area contributed by atoms with Gasteiger partial charge in [0.1, 0.15) is 0 Å². The van der Waals surface area contributed by atoms with Crippen LogP contribution in [0.3, 0.4) is 0 Å². The first kappa shape index (κ1) is 15.2. The Kier molecular flexibility index (Phi) is 3.78. The van der Waals surface area contributed by atoms with Gasteiger partial charge in [0.2, 0.25) is 5.88 Å². The van der Waals surface area contributed by atoms with Crippen LogP contribution in [0.25, 0.3) is 5.57 Å². The number of nitrogens with zero attached hydrogens (tertiary/aromatic N) is 2. The van der Waals surface area contributed by atoms with Crippen molar-refractivity contribution < 1.29 is 9.47 Å². The molecule has 2 N–H and O–H groups in total. The van der Waals surface area contributed by atoms with Crippen LogP contribution in [0, 0.1) is 5.41 Å². The zero-order valence-electron chi connectivity index (χ0n) is 13.4. The molecular weight excluding hydrogens is 278 g/mol. The number of ether oxygens (including phenoxy) is 2. The summed E-state index contributed by atoms with van der Waals surface area (Å²) in [5.41, 5.74) is 9.33. The molecule has 1 atom stereocenters. The highest BCUT2D eigenvalue weighted by molar-refractivity contribution is 5.84. The van der Waals surface area contributed by atoms with E-state index in [1.54, 1.807) is 0 Å². The van der Waals surface area contributed by atoms with Crippen LogP contribution in [0.2, 0.25) is 0 Å². The fraction of sp³-hybridized carbons (Fsp3) is 0.529. The molecule has 118 valence electrons. The molecule has 0 saturated carbocycles. The van der Waals surface area contributed by atoms with Crippen LogP contribution in [0.15, 0.2) is 29.0 Å². The maximum atomic E-state index is 6.66. The smallest absolute Gasteiger partial charge is 0.213 e. The van der Waals surface area contributed by atoms with Crippen molar-refractivity contribution in [2.24, 2.45) is 16.1 Å². The van der Waals surface area contributed by atoms with E-state index in [2.05, 4.69) is 16.9 Å². The molecule has 1 aromatic heterocycles. The largest absolute Gasteiger partial charge is 0.478 e. The normalized spacial score (nSPS) is 26.7. The highest BCUT2D eigenvalue weighted by Gasteiger charge is 2.51. The first-order valence-electron chi connectivity index (χ1n) is 7.68. The minimum atomic E-state index is -0.474. The fourth-order valence-corrected chi connectivity index (χ4v) is 2.91. The molecule has 1 aromatic rings. The molecule has 22 heavy (non-hydrogen) atoms. The summed E-state index contributed by atoms with van der Waals surface area (Å²) in [5.74, 6) is 0.641. The summed E-state index contributed by atoms with van der Waals surface area (Å²) in [6.45, 7) is 8.11. The molecule has 0 radical (unpaired) electrons. The van der Waals surface area contributed by atoms with Crippen molar-refractivity contribution in [1.82, 2.24) is 4.98 Å². The fourth-order valence-electron chi connectivity index (χ4n) is 2.91. The summed E-state index contributed by atoms with van der Waals surface area (Å²) >= 11 is 0. The van der Waals surface area contributed by atoms with Crippen molar-refractivity contribution in [2.75, 3.05) is 19.8 Å². The maximum Gasteiger partial charge on any atom is 0.213 e. The molecule has 1 saturated heterocycles. The van der Waals surface area contributed by atoms with E-state index in [4.69, 9.17) is 15.2 Å². The van der Waals surface area contributed by atoms with Crippen LogP contribution in [0.5, 0.6) is 5.88 Å². The van der Waals surface area contributed by atoms with E-state index in [1.165, 1.54) is 0 Å². The SMILES string of the molecule is CCOc1ccc(C2=C(C)N=CC(N)(C3(C)COC3)C2)cn1. The van der Waals surface area contributed by atoms with Gasteiger partial charge in [-0.05, 0) is 37.5 Å². The van der Waals surface area contributed by atoms with Crippen LogP contribution in [-0.4, -0.2) is 36.6 Å². The summed E-state index contributed by atoms with van der Waals surface area (Å²) in [6.07, 6.45) is 4.49. The third kappa shape index (κ3) is 2.44. The third-order valence-electron chi connectivity index (χ3n) is 4.74. The van der Waals surface area contributed by atoms with E-state index < -0.39 is 5.54 Å². The summed E-state index contributed by atoms with van der Waals surface area (Å²) < 4.78 is 10.8. The summed E-state index contributed by atoms with van der Waals surface area (Å²) in [7, 11) is 0. The molecule has 0 aromatic carbocycles. The Labute approximate surface area is 131 Å². The first-order valence-corrected chi connectivity index (χ1v) is 7.68. The van der Waals surface area contributed by atoms with Crippen molar-refractivity contribution in [3.8, 4) is 5.88 Å². The van der Waals surface area contributed by atoms with Gasteiger partial charge < -0.3 is 15.2 Å². The van der Waals surface area contributed by atoms with E-state index in [9.17, 15) is 0 Å². The standard InChI is InChI=1S/C17H23N3O2/c1-4-22-15-6-5-13(8-19-15)14-7-17(18,9-20-12(14)2)16(3)10-21-11-16/h5-6,8-9H,4,7,10-11,18H2,1-3H3. The highest BCUT2D eigenvalue weighted by Crippen LogP contribution is 2.43. The second-order valence-corrected chi connectivity index (χ2v) is 6.41. The Hall–Kier alpha value is -1.72. The number of allylic oxidation sites excluding steroid dienone is 1. The lowest BCUT2D eigenvalue weighted by molar-refractivity contribution is -0.125. The minimum Gasteiger partial charge on any atom is -0.478 e. The Morgan fingerprint density at radius 1 is 1.36 bits per heavy atom. The number of rotatable bonds is 4. The lowest BCUT2D eigenvalue weighted by Gasteiger charge is -2.51. The van der Waals surface area contributed by atoms with Crippen LogP contribution in [-0.2, 0) is 4.74 Å². The summed E-state index contributed by atoms with van der Waals surface area (Å²) in [6, 6.07) is 3.92. The van der Waals surface area contributed by atoms with Gasteiger partial charge in [-0.25, -0.2) is 4.98 Å². The van der Waals surface area contributed by atoms with Crippen molar-refractivity contribution in [3.05, 3.63) is 29.6 Å². The van der Waals surface area contributed by atoms with E-state index in [-0.39, 0.29) is 5.41 Å². The van der Waals surface area contributed by atoms with Crippen LogP contribution < -0.4 is 10.5 Å². The molecule has 0 bridgehead atoms. The molecule has 2 aliphatic rings. The topological polar surface area (TPSA) is 69.7 Å². The molecule has 2 aliphatic heterocycles. The second kappa shape index (κ2) is 5.48. The lowest BCUT2D eigenvalue weighted by atomic mass is 9.66. The van der Waals surface area contributed by atoms with Gasteiger partial charge in [-0.3, -0.25) is 4.99 Å². The maximum absolute atomic E-state index is 6.66. The highest BCUT2D eigenvalue weighted by atomic mass is 16.5. The van der Waals surface area contributed by atoms with E-state index in [0.717, 1.165) is 23.3 Å². The van der Waals surface area contributed by atoms with E-state index in [1.807, 2.05) is 38.4 Å². The van der Waals surface area contributed by atoms with Gasteiger partial charge in [-0.1, -0.05) is 6.92 Å². The van der Waals surface area contributed by atoms with Gasteiger partial charge in [0.25, 0.3) is 0 Å². The number of nitrogens with two attached hydrogens (primary N) is 1. The molecule has 5 nitrogen and oxygen atoms in total. The zero-order chi connectivity index (χ0) is 15.8. The Morgan fingerprint density at radius 3 is 2.68 bits per heavy atom. The van der Waals surface area contributed by atoms with Crippen molar-refractivity contribution in [1.29, 1.82) is 0 Å². The predicted octanol–water partition coefficient (Wildman–Crippen LogP) is 2.42.